The summed E-state index contributed by atoms with van der Waals surface area (Å²) >= 11 is 3.42. The van der Waals surface area contributed by atoms with Gasteiger partial charge in [-0.25, -0.2) is 0 Å². The Hall–Kier alpha value is -1.03. The van der Waals surface area contributed by atoms with E-state index in [0.29, 0.717) is 11.9 Å². The molecule has 3 nitrogen and oxygen atoms in total. The summed E-state index contributed by atoms with van der Waals surface area (Å²) in [7, 11) is 1.63. The quantitative estimate of drug-likeness (QED) is 0.619. The topological polar surface area (TPSA) is 35.5 Å². The average Bonchev–Trinajstić information content (AvgIpc) is 2.31. The molecular formula is C13H17BrO3. The SMILES string of the molecule is CCOC(=O)Cc1cc(OC)c(C)cc1CBr. The number of halogens is 1. The molecule has 0 saturated heterocycles. The lowest BCUT2D eigenvalue weighted by molar-refractivity contribution is -0.142. The van der Waals surface area contributed by atoms with Crippen molar-refractivity contribution in [1.29, 1.82) is 0 Å². The van der Waals surface area contributed by atoms with Crippen LogP contribution in [0.4, 0.5) is 0 Å². The molecule has 94 valence electrons. The zero-order valence-electron chi connectivity index (χ0n) is 10.4. The van der Waals surface area contributed by atoms with Crippen molar-refractivity contribution in [3.05, 3.63) is 28.8 Å². The molecule has 0 unspecified atom stereocenters. The van der Waals surface area contributed by atoms with Crippen LogP contribution in [0.5, 0.6) is 5.75 Å². The van der Waals surface area contributed by atoms with Gasteiger partial charge in [-0.1, -0.05) is 22.0 Å². The molecule has 0 bridgehead atoms. The first-order chi connectivity index (χ1) is 8.12. The molecule has 0 aromatic heterocycles. The lowest BCUT2D eigenvalue weighted by Gasteiger charge is -2.12. The van der Waals surface area contributed by atoms with E-state index < -0.39 is 0 Å². The van der Waals surface area contributed by atoms with Gasteiger partial charge < -0.3 is 9.47 Å². The van der Waals surface area contributed by atoms with E-state index in [0.717, 1.165) is 22.4 Å². The average molecular weight is 301 g/mol. The first-order valence-electron chi connectivity index (χ1n) is 5.50. The fourth-order valence-corrected chi connectivity index (χ4v) is 2.19. The molecule has 0 fully saturated rings. The van der Waals surface area contributed by atoms with Crippen molar-refractivity contribution < 1.29 is 14.3 Å². The molecule has 0 spiro atoms. The van der Waals surface area contributed by atoms with Crippen molar-refractivity contribution in [2.24, 2.45) is 0 Å². The van der Waals surface area contributed by atoms with E-state index in [1.165, 1.54) is 0 Å². The third-order valence-electron chi connectivity index (χ3n) is 2.50. The second-order valence-corrected chi connectivity index (χ2v) is 4.27. The lowest BCUT2D eigenvalue weighted by atomic mass is 10.0. The van der Waals surface area contributed by atoms with Gasteiger partial charge in [0.2, 0.25) is 0 Å². The van der Waals surface area contributed by atoms with E-state index in [-0.39, 0.29) is 12.4 Å². The highest BCUT2D eigenvalue weighted by molar-refractivity contribution is 9.08. The van der Waals surface area contributed by atoms with Crippen LogP contribution in [0.2, 0.25) is 0 Å². The highest BCUT2D eigenvalue weighted by Gasteiger charge is 2.11. The molecule has 0 aliphatic rings. The molecule has 0 aliphatic heterocycles. The number of benzene rings is 1. The highest BCUT2D eigenvalue weighted by atomic mass is 79.9. The monoisotopic (exact) mass is 300 g/mol. The minimum absolute atomic E-state index is 0.208. The number of hydrogen-bond acceptors (Lipinski definition) is 3. The fraction of sp³-hybridized carbons (Fsp3) is 0.462. The van der Waals surface area contributed by atoms with E-state index in [9.17, 15) is 4.79 Å². The van der Waals surface area contributed by atoms with Crippen LogP contribution >= 0.6 is 15.9 Å². The van der Waals surface area contributed by atoms with Crippen molar-refractivity contribution in [2.45, 2.75) is 25.6 Å². The van der Waals surface area contributed by atoms with Crippen LogP contribution in [0.15, 0.2) is 12.1 Å². The zero-order chi connectivity index (χ0) is 12.8. The van der Waals surface area contributed by atoms with Crippen molar-refractivity contribution in [2.75, 3.05) is 13.7 Å². The Labute approximate surface area is 110 Å². The molecule has 0 saturated carbocycles. The van der Waals surface area contributed by atoms with E-state index in [1.807, 2.05) is 19.1 Å². The number of aryl methyl sites for hydroxylation is 1. The molecule has 0 N–H and O–H groups in total. The molecule has 17 heavy (non-hydrogen) atoms. The standard InChI is InChI=1S/C13H17BrO3/c1-4-17-13(15)7-10-6-12(16-3)9(2)5-11(10)8-14/h5-6H,4,7-8H2,1-3H3. The first-order valence-corrected chi connectivity index (χ1v) is 6.62. The minimum Gasteiger partial charge on any atom is -0.496 e. The summed E-state index contributed by atoms with van der Waals surface area (Å²) < 4.78 is 10.2. The minimum atomic E-state index is -0.208. The third-order valence-corrected chi connectivity index (χ3v) is 3.11. The predicted octanol–water partition coefficient (Wildman–Crippen LogP) is 3.00. The fourth-order valence-electron chi connectivity index (χ4n) is 1.67. The molecule has 4 heteroatoms. The molecule has 0 radical (unpaired) electrons. The number of hydrogen-bond donors (Lipinski definition) is 0. The van der Waals surface area contributed by atoms with E-state index in [2.05, 4.69) is 15.9 Å². The van der Waals surface area contributed by atoms with Crippen LogP contribution in [-0.2, 0) is 21.3 Å². The molecule has 0 amide bonds. The second kappa shape index (κ2) is 6.64. The highest BCUT2D eigenvalue weighted by Crippen LogP contribution is 2.25. The second-order valence-electron chi connectivity index (χ2n) is 3.71. The molecule has 0 aliphatic carbocycles. The van der Waals surface area contributed by atoms with Gasteiger partial charge in [-0.3, -0.25) is 4.79 Å². The Morgan fingerprint density at radius 1 is 1.35 bits per heavy atom. The summed E-state index contributed by atoms with van der Waals surface area (Å²) in [5.41, 5.74) is 3.11. The van der Waals surface area contributed by atoms with Gasteiger partial charge in [-0.15, -0.1) is 0 Å². The Balaban J connectivity index is 2.99. The molecule has 0 heterocycles. The number of rotatable bonds is 5. The maximum absolute atomic E-state index is 11.5. The Morgan fingerprint density at radius 3 is 2.59 bits per heavy atom. The normalized spacial score (nSPS) is 10.1. The van der Waals surface area contributed by atoms with Gasteiger partial charge in [0.15, 0.2) is 0 Å². The van der Waals surface area contributed by atoms with Gasteiger partial charge >= 0.3 is 5.97 Å². The summed E-state index contributed by atoms with van der Waals surface area (Å²) in [5, 5.41) is 0.715. The Bertz CT molecular complexity index is 402. The van der Waals surface area contributed by atoms with Crippen molar-refractivity contribution in [3.63, 3.8) is 0 Å². The van der Waals surface area contributed by atoms with Crippen LogP contribution in [0.1, 0.15) is 23.6 Å². The summed E-state index contributed by atoms with van der Waals surface area (Å²) in [6, 6.07) is 3.94. The summed E-state index contributed by atoms with van der Waals surface area (Å²) in [6.45, 7) is 4.20. The molecule has 1 aromatic carbocycles. The van der Waals surface area contributed by atoms with E-state index in [1.54, 1.807) is 14.0 Å². The first kappa shape index (κ1) is 14.0. The number of ether oxygens (including phenoxy) is 2. The van der Waals surface area contributed by atoms with Gasteiger partial charge in [0.05, 0.1) is 20.1 Å². The Morgan fingerprint density at radius 2 is 2.06 bits per heavy atom. The van der Waals surface area contributed by atoms with Crippen LogP contribution in [0, 0.1) is 6.92 Å². The van der Waals surface area contributed by atoms with Gasteiger partial charge in [0, 0.05) is 5.33 Å². The molecule has 1 rings (SSSR count). The van der Waals surface area contributed by atoms with E-state index >= 15 is 0 Å². The zero-order valence-corrected chi connectivity index (χ0v) is 12.0. The van der Waals surface area contributed by atoms with Crippen LogP contribution < -0.4 is 4.74 Å². The van der Waals surface area contributed by atoms with Crippen LogP contribution in [-0.4, -0.2) is 19.7 Å². The number of carbonyl (C=O) groups excluding carboxylic acids is 1. The van der Waals surface area contributed by atoms with Crippen molar-refractivity contribution in [1.82, 2.24) is 0 Å². The maximum Gasteiger partial charge on any atom is 0.310 e. The van der Waals surface area contributed by atoms with Crippen molar-refractivity contribution >= 4 is 21.9 Å². The summed E-state index contributed by atoms with van der Waals surface area (Å²) in [6.07, 6.45) is 0.283. The number of esters is 1. The van der Waals surface area contributed by atoms with Gasteiger partial charge in [0.1, 0.15) is 5.75 Å². The van der Waals surface area contributed by atoms with Crippen LogP contribution in [0.25, 0.3) is 0 Å². The van der Waals surface area contributed by atoms with Gasteiger partial charge in [-0.2, -0.15) is 0 Å². The van der Waals surface area contributed by atoms with Gasteiger partial charge in [-0.05, 0) is 36.6 Å². The van der Waals surface area contributed by atoms with E-state index in [4.69, 9.17) is 9.47 Å². The molecule has 0 atom stereocenters. The molecule has 1 aromatic rings. The maximum atomic E-state index is 11.5. The smallest absolute Gasteiger partial charge is 0.310 e. The number of carbonyl (C=O) groups is 1. The number of alkyl halides is 1. The Kier molecular flexibility index (Phi) is 5.48. The third kappa shape index (κ3) is 3.73. The predicted molar refractivity (Wildman–Crippen MR) is 70.7 cm³/mol. The number of methoxy groups -OCH3 is 1. The summed E-state index contributed by atoms with van der Waals surface area (Å²) in [4.78, 5) is 11.5. The van der Waals surface area contributed by atoms with Crippen LogP contribution in [0.3, 0.4) is 0 Å². The largest absolute Gasteiger partial charge is 0.496 e. The molecular weight excluding hydrogens is 284 g/mol. The lowest BCUT2D eigenvalue weighted by Crippen LogP contribution is -2.09. The van der Waals surface area contributed by atoms with Gasteiger partial charge in [0.25, 0.3) is 0 Å². The summed E-state index contributed by atoms with van der Waals surface area (Å²) in [5.74, 6) is 0.592. The van der Waals surface area contributed by atoms with Crippen molar-refractivity contribution in [3.8, 4) is 5.75 Å².